The molecule has 1 aliphatic rings. The van der Waals surface area contributed by atoms with Gasteiger partial charge in [-0.05, 0) is 36.8 Å². The summed E-state index contributed by atoms with van der Waals surface area (Å²) in [5.41, 5.74) is 3.06. The van der Waals surface area contributed by atoms with Crippen LogP contribution in [0, 0.1) is 11.3 Å². The van der Waals surface area contributed by atoms with Crippen LogP contribution in [0.3, 0.4) is 0 Å². The first-order valence-electron chi connectivity index (χ1n) is 8.36. The van der Waals surface area contributed by atoms with Gasteiger partial charge in [0.15, 0.2) is 0 Å². The molecule has 0 spiro atoms. The maximum Gasteiger partial charge on any atom is 0.0655 e. The first-order valence-corrected chi connectivity index (χ1v) is 8.36. The molecule has 1 aromatic carbocycles. The van der Waals surface area contributed by atoms with E-state index >= 15 is 0 Å². The molecule has 0 aliphatic heterocycles. The highest BCUT2D eigenvalue weighted by Crippen LogP contribution is 2.42. The van der Waals surface area contributed by atoms with Crippen molar-refractivity contribution in [2.75, 3.05) is 6.61 Å². The minimum absolute atomic E-state index is 0.244. The summed E-state index contributed by atoms with van der Waals surface area (Å²) in [6, 6.07) is 9.62. The molecule has 0 radical (unpaired) electrons. The molecular formula is C19H31NO. The van der Waals surface area contributed by atoms with Gasteiger partial charge in [-0.25, -0.2) is 0 Å². The van der Waals surface area contributed by atoms with E-state index in [0.29, 0.717) is 12.1 Å². The van der Waals surface area contributed by atoms with Gasteiger partial charge in [0.2, 0.25) is 0 Å². The zero-order valence-electron chi connectivity index (χ0n) is 14.3. The highest BCUT2D eigenvalue weighted by atomic mass is 16.5. The molecular weight excluding hydrogens is 258 g/mol. The van der Waals surface area contributed by atoms with Gasteiger partial charge in [-0.15, -0.1) is 0 Å². The van der Waals surface area contributed by atoms with Gasteiger partial charge in [-0.1, -0.05) is 52.0 Å². The second kappa shape index (κ2) is 6.93. The SMILES string of the molecule is CCOC1CC(NCc2ccc(CC(C)C)cc2)C1(C)C. The van der Waals surface area contributed by atoms with E-state index < -0.39 is 0 Å². The maximum absolute atomic E-state index is 5.79. The fourth-order valence-electron chi connectivity index (χ4n) is 3.22. The third-order valence-electron chi connectivity index (χ3n) is 4.77. The maximum atomic E-state index is 5.79. The molecule has 1 N–H and O–H groups in total. The van der Waals surface area contributed by atoms with Crippen molar-refractivity contribution in [3.05, 3.63) is 35.4 Å². The molecule has 1 fully saturated rings. The number of ether oxygens (including phenoxy) is 1. The van der Waals surface area contributed by atoms with Crippen LogP contribution in [0.1, 0.15) is 52.2 Å². The van der Waals surface area contributed by atoms with E-state index in [4.69, 9.17) is 4.74 Å². The minimum Gasteiger partial charge on any atom is -0.378 e. The zero-order valence-corrected chi connectivity index (χ0v) is 14.3. The van der Waals surface area contributed by atoms with Gasteiger partial charge < -0.3 is 10.1 Å². The Bertz CT molecular complexity index is 435. The van der Waals surface area contributed by atoms with E-state index in [1.807, 2.05) is 0 Å². The minimum atomic E-state index is 0.244. The third-order valence-corrected chi connectivity index (χ3v) is 4.77. The second-order valence-corrected chi connectivity index (χ2v) is 7.35. The van der Waals surface area contributed by atoms with E-state index in [0.717, 1.165) is 25.5 Å². The first-order chi connectivity index (χ1) is 9.93. The van der Waals surface area contributed by atoms with Crippen molar-refractivity contribution in [1.29, 1.82) is 0 Å². The van der Waals surface area contributed by atoms with Gasteiger partial charge in [-0.2, -0.15) is 0 Å². The molecule has 2 atom stereocenters. The van der Waals surface area contributed by atoms with E-state index in [-0.39, 0.29) is 5.41 Å². The number of benzene rings is 1. The van der Waals surface area contributed by atoms with Crippen LogP contribution in [0.25, 0.3) is 0 Å². The van der Waals surface area contributed by atoms with Gasteiger partial charge in [0.1, 0.15) is 0 Å². The van der Waals surface area contributed by atoms with Crippen LogP contribution in [-0.2, 0) is 17.7 Å². The van der Waals surface area contributed by atoms with Crippen LogP contribution in [-0.4, -0.2) is 18.8 Å². The van der Waals surface area contributed by atoms with Crippen LogP contribution >= 0.6 is 0 Å². The van der Waals surface area contributed by atoms with Gasteiger partial charge in [0, 0.05) is 24.6 Å². The van der Waals surface area contributed by atoms with Gasteiger partial charge in [-0.3, -0.25) is 0 Å². The van der Waals surface area contributed by atoms with Gasteiger partial charge in [0.25, 0.3) is 0 Å². The Balaban J connectivity index is 1.81. The molecule has 2 heteroatoms. The van der Waals surface area contributed by atoms with Crippen molar-refractivity contribution >= 4 is 0 Å². The molecule has 2 unspecified atom stereocenters. The van der Waals surface area contributed by atoms with E-state index in [1.54, 1.807) is 0 Å². The Morgan fingerprint density at radius 3 is 2.33 bits per heavy atom. The van der Waals surface area contributed by atoms with Crippen molar-refractivity contribution in [3.8, 4) is 0 Å². The highest BCUT2D eigenvalue weighted by Gasteiger charge is 2.48. The second-order valence-electron chi connectivity index (χ2n) is 7.35. The fourth-order valence-corrected chi connectivity index (χ4v) is 3.22. The predicted octanol–water partition coefficient (Wildman–Crippen LogP) is 4.18. The van der Waals surface area contributed by atoms with Crippen LogP contribution in [0.4, 0.5) is 0 Å². The number of hydrogen-bond donors (Lipinski definition) is 1. The Labute approximate surface area is 130 Å². The zero-order chi connectivity index (χ0) is 15.5. The molecule has 1 aliphatic carbocycles. The number of rotatable bonds is 7. The summed E-state index contributed by atoms with van der Waals surface area (Å²) in [7, 11) is 0. The number of nitrogens with one attached hydrogen (secondary N) is 1. The summed E-state index contributed by atoms with van der Waals surface area (Å²) in [6.45, 7) is 13.0. The van der Waals surface area contributed by atoms with Crippen LogP contribution < -0.4 is 5.32 Å². The van der Waals surface area contributed by atoms with Crippen molar-refractivity contribution in [2.24, 2.45) is 11.3 Å². The quantitative estimate of drug-likeness (QED) is 0.813. The molecule has 2 rings (SSSR count). The molecule has 0 aromatic heterocycles. The largest absolute Gasteiger partial charge is 0.378 e. The fraction of sp³-hybridized carbons (Fsp3) is 0.684. The summed E-state index contributed by atoms with van der Waals surface area (Å²) in [5.74, 6) is 0.722. The lowest BCUT2D eigenvalue weighted by Crippen LogP contribution is -2.60. The van der Waals surface area contributed by atoms with Crippen molar-refractivity contribution < 1.29 is 4.74 Å². The molecule has 0 amide bonds. The first kappa shape index (κ1) is 16.5. The molecule has 1 saturated carbocycles. The monoisotopic (exact) mass is 289 g/mol. The van der Waals surface area contributed by atoms with Crippen LogP contribution in [0.5, 0.6) is 0 Å². The molecule has 0 bridgehead atoms. The van der Waals surface area contributed by atoms with E-state index in [2.05, 4.69) is 64.2 Å². The third kappa shape index (κ3) is 4.08. The van der Waals surface area contributed by atoms with Crippen LogP contribution in [0.2, 0.25) is 0 Å². The Hall–Kier alpha value is -0.860. The van der Waals surface area contributed by atoms with Crippen molar-refractivity contribution in [1.82, 2.24) is 5.32 Å². The van der Waals surface area contributed by atoms with Crippen LogP contribution in [0.15, 0.2) is 24.3 Å². The summed E-state index contributed by atoms with van der Waals surface area (Å²) in [6.07, 6.45) is 2.71. The standard InChI is InChI=1S/C19H31NO/c1-6-21-18-12-17(19(18,4)5)20-13-16-9-7-15(8-10-16)11-14(2)3/h7-10,14,17-18,20H,6,11-13H2,1-5H3. The molecule has 0 saturated heterocycles. The lowest BCUT2D eigenvalue weighted by Gasteiger charge is -2.52. The smallest absolute Gasteiger partial charge is 0.0655 e. The molecule has 118 valence electrons. The normalized spacial score (nSPS) is 24.1. The van der Waals surface area contributed by atoms with Gasteiger partial charge >= 0.3 is 0 Å². The lowest BCUT2D eigenvalue weighted by atomic mass is 9.64. The van der Waals surface area contributed by atoms with E-state index in [1.165, 1.54) is 17.5 Å². The van der Waals surface area contributed by atoms with Crippen molar-refractivity contribution in [2.45, 2.75) is 66.2 Å². The summed E-state index contributed by atoms with van der Waals surface area (Å²) in [5, 5.41) is 3.69. The summed E-state index contributed by atoms with van der Waals surface area (Å²) >= 11 is 0. The Morgan fingerprint density at radius 2 is 1.81 bits per heavy atom. The Kier molecular flexibility index (Phi) is 5.45. The van der Waals surface area contributed by atoms with E-state index in [9.17, 15) is 0 Å². The predicted molar refractivity (Wildman–Crippen MR) is 89.4 cm³/mol. The molecule has 1 aromatic rings. The number of hydrogen-bond acceptors (Lipinski definition) is 2. The lowest BCUT2D eigenvalue weighted by molar-refractivity contribution is -0.114. The average molecular weight is 289 g/mol. The highest BCUT2D eigenvalue weighted by molar-refractivity contribution is 5.23. The van der Waals surface area contributed by atoms with Crippen molar-refractivity contribution in [3.63, 3.8) is 0 Å². The Morgan fingerprint density at radius 1 is 1.19 bits per heavy atom. The summed E-state index contributed by atoms with van der Waals surface area (Å²) in [4.78, 5) is 0. The average Bonchev–Trinajstić information content (AvgIpc) is 2.43. The molecule has 2 nitrogen and oxygen atoms in total. The van der Waals surface area contributed by atoms with Gasteiger partial charge in [0.05, 0.1) is 6.10 Å². The molecule has 0 heterocycles. The topological polar surface area (TPSA) is 21.3 Å². The summed E-state index contributed by atoms with van der Waals surface area (Å²) < 4.78 is 5.79. The molecule has 21 heavy (non-hydrogen) atoms.